The van der Waals surface area contributed by atoms with Crippen LogP contribution in [0.4, 0.5) is 4.39 Å². The Balaban J connectivity index is 2.17. The van der Waals surface area contributed by atoms with E-state index in [0.717, 1.165) is 6.42 Å². The second-order valence-electron chi connectivity index (χ2n) is 4.81. The van der Waals surface area contributed by atoms with E-state index in [2.05, 4.69) is 12.2 Å². The molecule has 2 aromatic carbocycles. The van der Waals surface area contributed by atoms with Crippen LogP contribution in [0.25, 0.3) is 0 Å². The van der Waals surface area contributed by atoms with Crippen molar-refractivity contribution in [2.75, 3.05) is 7.05 Å². The summed E-state index contributed by atoms with van der Waals surface area (Å²) in [7, 11) is 1.95. The van der Waals surface area contributed by atoms with E-state index in [-0.39, 0.29) is 11.6 Å². The maximum Gasteiger partial charge on any atom is 0.168 e. The highest BCUT2D eigenvalue weighted by atomic mass is 19.1. The van der Waals surface area contributed by atoms with Gasteiger partial charge in [-0.05, 0) is 49.7 Å². The van der Waals surface area contributed by atoms with Crippen LogP contribution in [0, 0.1) is 12.7 Å². The summed E-state index contributed by atoms with van der Waals surface area (Å²) in [5.74, 6) is 0.598. The third-order valence-electron chi connectivity index (χ3n) is 3.42. The zero-order valence-electron chi connectivity index (χ0n) is 12.1. The minimum Gasteiger partial charge on any atom is -0.454 e. The lowest BCUT2D eigenvalue weighted by molar-refractivity contribution is 0.439. The molecule has 0 radical (unpaired) electrons. The van der Waals surface area contributed by atoms with Crippen LogP contribution in [0.5, 0.6) is 11.5 Å². The Morgan fingerprint density at radius 3 is 2.45 bits per heavy atom. The molecule has 20 heavy (non-hydrogen) atoms. The van der Waals surface area contributed by atoms with Gasteiger partial charge in [-0.15, -0.1) is 0 Å². The zero-order chi connectivity index (χ0) is 14.5. The van der Waals surface area contributed by atoms with Gasteiger partial charge in [0, 0.05) is 6.04 Å². The zero-order valence-corrected chi connectivity index (χ0v) is 12.1. The number of hydrogen-bond acceptors (Lipinski definition) is 2. The average molecular weight is 273 g/mol. The van der Waals surface area contributed by atoms with Gasteiger partial charge in [-0.3, -0.25) is 0 Å². The second kappa shape index (κ2) is 6.53. The molecule has 0 aliphatic rings. The van der Waals surface area contributed by atoms with Crippen LogP contribution in [0.2, 0.25) is 0 Å². The van der Waals surface area contributed by atoms with Crippen molar-refractivity contribution < 1.29 is 9.13 Å². The van der Waals surface area contributed by atoms with E-state index in [9.17, 15) is 4.39 Å². The summed E-state index contributed by atoms with van der Waals surface area (Å²) in [5, 5.41) is 3.25. The van der Waals surface area contributed by atoms with Gasteiger partial charge >= 0.3 is 0 Å². The molecule has 2 nitrogen and oxygen atoms in total. The number of hydrogen-bond donors (Lipinski definition) is 1. The van der Waals surface area contributed by atoms with Crippen molar-refractivity contribution in [2.45, 2.75) is 26.3 Å². The molecule has 0 aliphatic carbocycles. The first-order valence-electron chi connectivity index (χ1n) is 6.86. The molecule has 1 N–H and O–H groups in total. The molecule has 0 heterocycles. The van der Waals surface area contributed by atoms with Gasteiger partial charge in [0.15, 0.2) is 11.6 Å². The van der Waals surface area contributed by atoms with E-state index in [4.69, 9.17) is 4.74 Å². The molecular weight excluding hydrogens is 253 g/mol. The Morgan fingerprint density at radius 1 is 1.15 bits per heavy atom. The molecule has 0 aliphatic heterocycles. The summed E-state index contributed by atoms with van der Waals surface area (Å²) < 4.78 is 19.5. The Morgan fingerprint density at radius 2 is 1.85 bits per heavy atom. The lowest BCUT2D eigenvalue weighted by Gasteiger charge is -2.15. The van der Waals surface area contributed by atoms with Crippen LogP contribution in [0.15, 0.2) is 42.5 Å². The monoisotopic (exact) mass is 273 g/mol. The van der Waals surface area contributed by atoms with Crippen molar-refractivity contribution in [1.29, 1.82) is 0 Å². The molecule has 0 fully saturated rings. The molecule has 0 saturated heterocycles. The van der Waals surface area contributed by atoms with Gasteiger partial charge in [0.25, 0.3) is 0 Å². The second-order valence-corrected chi connectivity index (χ2v) is 4.81. The van der Waals surface area contributed by atoms with Crippen molar-refractivity contribution in [1.82, 2.24) is 5.32 Å². The first-order chi connectivity index (χ1) is 9.65. The highest BCUT2D eigenvalue weighted by Gasteiger charge is 2.09. The molecule has 0 amide bonds. The minimum absolute atomic E-state index is 0.262. The standard InChI is InChI=1S/C17H20FNO/c1-4-15(19-3)13-8-10-14(11-9-13)20-16-7-5-6-12(2)17(16)18/h5-11,15,19H,4H2,1-3H3. The maximum atomic E-state index is 13.9. The largest absolute Gasteiger partial charge is 0.454 e. The molecule has 0 spiro atoms. The molecular formula is C17H20FNO. The third-order valence-corrected chi connectivity index (χ3v) is 3.42. The van der Waals surface area contributed by atoms with E-state index < -0.39 is 0 Å². The molecule has 2 aromatic rings. The predicted octanol–water partition coefficient (Wildman–Crippen LogP) is 4.60. The van der Waals surface area contributed by atoms with Crippen LogP contribution in [0.3, 0.4) is 0 Å². The average Bonchev–Trinajstić information content (AvgIpc) is 2.47. The Labute approximate surface area is 119 Å². The van der Waals surface area contributed by atoms with Crippen molar-refractivity contribution in [3.05, 3.63) is 59.4 Å². The van der Waals surface area contributed by atoms with E-state index >= 15 is 0 Å². The summed E-state index contributed by atoms with van der Waals surface area (Å²) in [4.78, 5) is 0. The molecule has 0 saturated carbocycles. The first-order valence-corrected chi connectivity index (χ1v) is 6.86. The van der Waals surface area contributed by atoms with Crippen molar-refractivity contribution in [2.24, 2.45) is 0 Å². The number of benzene rings is 2. The van der Waals surface area contributed by atoms with E-state index in [1.165, 1.54) is 5.56 Å². The highest BCUT2D eigenvalue weighted by molar-refractivity contribution is 5.36. The third kappa shape index (κ3) is 3.17. The molecule has 0 bridgehead atoms. The van der Waals surface area contributed by atoms with Gasteiger partial charge in [0.1, 0.15) is 5.75 Å². The Hall–Kier alpha value is -1.87. The summed E-state index contributed by atoms with van der Waals surface area (Å²) in [6.45, 7) is 3.86. The predicted molar refractivity (Wildman–Crippen MR) is 79.7 cm³/mol. The van der Waals surface area contributed by atoms with Crippen LogP contribution in [-0.2, 0) is 0 Å². The lowest BCUT2D eigenvalue weighted by atomic mass is 10.0. The smallest absolute Gasteiger partial charge is 0.168 e. The van der Waals surface area contributed by atoms with Crippen LogP contribution >= 0.6 is 0 Å². The lowest BCUT2D eigenvalue weighted by Crippen LogP contribution is -2.14. The van der Waals surface area contributed by atoms with Crippen LogP contribution in [0.1, 0.15) is 30.5 Å². The van der Waals surface area contributed by atoms with Gasteiger partial charge in [-0.25, -0.2) is 4.39 Å². The summed E-state index contributed by atoms with van der Waals surface area (Å²) in [5.41, 5.74) is 1.78. The van der Waals surface area contributed by atoms with Crippen LogP contribution in [-0.4, -0.2) is 7.05 Å². The van der Waals surface area contributed by atoms with Gasteiger partial charge in [0.05, 0.1) is 0 Å². The van der Waals surface area contributed by atoms with E-state index in [0.29, 0.717) is 17.4 Å². The van der Waals surface area contributed by atoms with Gasteiger partial charge in [0.2, 0.25) is 0 Å². The van der Waals surface area contributed by atoms with Crippen molar-refractivity contribution in [3.63, 3.8) is 0 Å². The number of aryl methyl sites for hydroxylation is 1. The molecule has 106 valence electrons. The number of ether oxygens (including phenoxy) is 1. The van der Waals surface area contributed by atoms with E-state index in [1.54, 1.807) is 25.1 Å². The Kier molecular flexibility index (Phi) is 4.74. The summed E-state index contributed by atoms with van der Waals surface area (Å²) in [6.07, 6.45) is 1.02. The fourth-order valence-electron chi connectivity index (χ4n) is 2.20. The SMILES string of the molecule is CCC(NC)c1ccc(Oc2cccc(C)c2F)cc1. The van der Waals surface area contributed by atoms with Gasteiger partial charge in [-0.1, -0.05) is 31.2 Å². The maximum absolute atomic E-state index is 13.9. The van der Waals surface area contributed by atoms with Crippen LogP contribution < -0.4 is 10.1 Å². The fraction of sp³-hybridized carbons (Fsp3) is 0.294. The van der Waals surface area contributed by atoms with Gasteiger partial charge in [-0.2, -0.15) is 0 Å². The molecule has 0 aromatic heterocycles. The molecule has 2 rings (SSSR count). The van der Waals surface area contributed by atoms with E-state index in [1.807, 2.05) is 31.3 Å². The fourth-order valence-corrected chi connectivity index (χ4v) is 2.20. The number of nitrogens with one attached hydrogen (secondary N) is 1. The number of rotatable bonds is 5. The molecule has 1 atom stereocenters. The molecule has 3 heteroatoms. The highest BCUT2D eigenvalue weighted by Crippen LogP contribution is 2.27. The summed E-state index contributed by atoms with van der Waals surface area (Å²) >= 11 is 0. The number of halogens is 1. The Bertz CT molecular complexity index is 562. The first kappa shape index (κ1) is 14.5. The quantitative estimate of drug-likeness (QED) is 0.859. The topological polar surface area (TPSA) is 21.3 Å². The van der Waals surface area contributed by atoms with Gasteiger partial charge < -0.3 is 10.1 Å². The van der Waals surface area contributed by atoms with Crippen molar-refractivity contribution in [3.8, 4) is 11.5 Å². The normalized spacial score (nSPS) is 12.2. The molecule has 1 unspecified atom stereocenters. The summed E-state index contributed by atoms with van der Waals surface area (Å²) in [6, 6.07) is 13.2. The minimum atomic E-state index is -0.307. The van der Waals surface area contributed by atoms with Crippen molar-refractivity contribution >= 4 is 0 Å².